The molecule has 1 fully saturated rings. The number of hydrogen-bond acceptors (Lipinski definition) is 4. The number of hydrogen-bond donors (Lipinski definition) is 1. The minimum Gasteiger partial charge on any atom is -0.380 e. The number of halogens is 3. The van der Waals surface area contributed by atoms with Crippen LogP contribution in [0.5, 0.6) is 0 Å². The number of alkyl halides is 3. The van der Waals surface area contributed by atoms with Gasteiger partial charge in [0, 0.05) is 20.6 Å². The second-order valence-electron chi connectivity index (χ2n) is 7.65. The van der Waals surface area contributed by atoms with Gasteiger partial charge in [-0.3, -0.25) is 13.9 Å². The van der Waals surface area contributed by atoms with Crippen molar-refractivity contribution in [3.63, 3.8) is 0 Å². The Labute approximate surface area is 153 Å². The molecule has 3 rings (SSSR count). The zero-order valence-electron chi connectivity index (χ0n) is 15.5. The molecule has 1 aliphatic rings. The van der Waals surface area contributed by atoms with E-state index in [0.29, 0.717) is 24.0 Å². The number of fused-ring (bicyclic) bond motifs is 1. The predicted octanol–water partition coefficient (Wildman–Crippen LogP) is 1.55. The summed E-state index contributed by atoms with van der Waals surface area (Å²) in [6, 6.07) is 0. The normalized spacial score (nSPS) is 23.5. The quantitative estimate of drug-likeness (QED) is 0.865. The van der Waals surface area contributed by atoms with Crippen LogP contribution in [0.3, 0.4) is 0 Å². The molecule has 7 nitrogen and oxygen atoms in total. The molecule has 0 spiro atoms. The van der Waals surface area contributed by atoms with E-state index in [4.69, 9.17) is 0 Å². The lowest BCUT2D eigenvalue weighted by molar-refractivity contribution is -0.275. The second kappa shape index (κ2) is 6.50. The van der Waals surface area contributed by atoms with Gasteiger partial charge in [0.05, 0.1) is 6.33 Å². The van der Waals surface area contributed by atoms with Gasteiger partial charge in [-0.2, -0.15) is 13.2 Å². The molecule has 2 aromatic heterocycles. The van der Waals surface area contributed by atoms with Crippen molar-refractivity contribution in [2.75, 3.05) is 0 Å². The fraction of sp³-hybridized carbons (Fsp3) is 0.706. The lowest BCUT2D eigenvalue weighted by Gasteiger charge is -2.39. The number of nitrogens with zero attached hydrogens (tertiary/aromatic N) is 4. The molecule has 27 heavy (non-hydrogen) atoms. The fourth-order valence-corrected chi connectivity index (χ4v) is 3.95. The van der Waals surface area contributed by atoms with Crippen LogP contribution in [-0.4, -0.2) is 35.6 Å². The molecule has 1 atom stereocenters. The number of imidazole rings is 1. The zero-order valence-corrected chi connectivity index (χ0v) is 15.5. The fourth-order valence-electron chi connectivity index (χ4n) is 3.95. The maximum Gasteiger partial charge on any atom is 0.417 e. The maximum absolute atomic E-state index is 13.0. The van der Waals surface area contributed by atoms with Gasteiger partial charge in [0.2, 0.25) is 0 Å². The van der Waals surface area contributed by atoms with E-state index in [1.54, 1.807) is 11.6 Å². The molecule has 10 heteroatoms. The molecule has 1 saturated carbocycles. The molecular formula is C17H23F3N4O3. The Bertz CT molecular complexity index is 963. The van der Waals surface area contributed by atoms with Gasteiger partial charge in [0.1, 0.15) is 0 Å². The molecule has 0 saturated heterocycles. The largest absolute Gasteiger partial charge is 0.417 e. The summed E-state index contributed by atoms with van der Waals surface area (Å²) < 4.78 is 43.0. The van der Waals surface area contributed by atoms with Crippen LogP contribution in [0.1, 0.15) is 32.6 Å². The summed E-state index contributed by atoms with van der Waals surface area (Å²) in [4.78, 5) is 29.3. The van der Waals surface area contributed by atoms with Crippen LogP contribution in [0.25, 0.3) is 11.2 Å². The summed E-state index contributed by atoms with van der Waals surface area (Å²) in [6.07, 6.45) is -2.01. The molecule has 2 heterocycles. The van der Waals surface area contributed by atoms with Crippen molar-refractivity contribution >= 4 is 11.2 Å². The first kappa shape index (κ1) is 19.7. The zero-order chi connectivity index (χ0) is 20.1. The van der Waals surface area contributed by atoms with E-state index in [0.717, 1.165) is 11.5 Å². The molecule has 0 aliphatic heterocycles. The summed E-state index contributed by atoms with van der Waals surface area (Å²) in [5.41, 5.74) is -3.05. The molecule has 0 radical (unpaired) electrons. The van der Waals surface area contributed by atoms with Crippen LogP contribution in [0, 0.1) is 11.8 Å². The minimum atomic E-state index is -4.68. The van der Waals surface area contributed by atoms with E-state index in [2.05, 4.69) is 4.98 Å². The van der Waals surface area contributed by atoms with Crippen molar-refractivity contribution in [3.8, 4) is 0 Å². The van der Waals surface area contributed by atoms with E-state index in [9.17, 15) is 27.9 Å². The molecule has 0 amide bonds. The van der Waals surface area contributed by atoms with Gasteiger partial charge in [0.25, 0.3) is 5.56 Å². The Hall–Kier alpha value is -2.10. The molecule has 0 aromatic carbocycles. The van der Waals surface area contributed by atoms with Crippen molar-refractivity contribution in [1.29, 1.82) is 0 Å². The molecule has 1 unspecified atom stereocenters. The number of aliphatic hydroxyl groups is 1. The third kappa shape index (κ3) is 3.19. The first-order valence-electron chi connectivity index (χ1n) is 8.85. The highest BCUT2D eigenvalue weighted by Crippen LogP contribution is 2.43. The summed E-state index contributed by atoms with van der Waals surface area (Å²) in [7, 11) is 3.20. The summed E-state index contributed by atoms with van der Waals surface area (Å²) in [5.74, 6) is -0.978. The Morgan fingerprint density at radius 1 is 1.19 bits per heavy atom. The SMILES string of the molecule is Cn1cnc2c1c(=O)n(C[C@H]1CC[C@H](C(C)(O)C(F)(F)F)CC1)c(=O)n2C. The molecule has 0 bridgehead atoms. The first-order valence-corrected chi connectivity index (χ1v) is 8.85. The monoisotopic (exact) mass is 388 g/mol. The van der Waals surface area contributed by atoms with Crippen molar-refractivity contribution in [2.24, 2.45) is 25.9 Å². The third-order valence-electron chi connectivity index (χ3n) is 5.86. The summed E-state index contributed by atoms with van der Waals surface area (Å²) in [6.45, 7) is 0.960. The van der Waals surface area contributed by atoms with Crippen LogP contribution in [0.15, 0.2) is 15.9 Å². The van der Waals surface area contributed by atoms with Gasteiger partial charge < -0.3 is 9.67 Å². The van der Waals surface area contributed by atoms with Crippen LogP contribution >= 0.6 is 0 Å². The van der Waals surface area contributed by atoms with E-state index >= 15 is 0 Å². The van der Waals surface area contributed by atoms with E-state index in [-0.39, 0.29) is 25.3 Å². The number of rotatable bonds is 3. The molecular weight excluding hydrogens is 365 g/mol. The van der Waals surface area contributed by atoms with Crippen molar-refractivity contribution in [1.82, 2.24) is 18.7 Å². The standard InChI is InChI=1S/C17H23F3N4O3/c1-16(27,17(18,19)20)11-6-4-10(5-7-11)8-24-14(25)12-13(21-9-22(12)2)23(3)15(24)26/h9-11,27H,4-8H2,1-3H3/t10-,11-,16?. The van der Waals surface area contributed by atoms with Crippen LogP contribution < -0.4 is 11.2 Å². The molecule has 1 aliphatic carbocycles. The summed E-state index contributed by atoms with van der Waals surface area (Å²) >= 11 is 0. The number of aryl methyl sites for hydroxylation is 2. The van der Waals surface area contributed by atoms with Crippen LogP contribution in [0.4, 0.5) is 13.2 Å². The Balaban J connectivity index is 1.82. The lowest BCUT2D eigenvalue weighted by atomic mass is 9.74. The third-order valence-corrected chi connectivity index (χ3v) is 5.86. The van der Waals surface area contributed by atoms with Crippen molar-refractivity contribution < 1.29 is 18.3 Å². The lowest BCUT2D eigenvalue weighted by Crippen LogP contribution is -2.50. The predicted molar refractivity (Wildman–Crippen MR) is 92.3 cm³/mol. The van der Waals surface area contributed by atoms with Gasteiger partial charge in [0.15, 0.2) is 16.8 Å². The molecule has 150 valence electrons. The Kier molecular flexibility index (Phi) is 4.73. The Morgan fingerprint density at radius 3 is 2.33 bits per heavy atom. The van der Waals surface area contributed by atoms with Gasteiger partial charge in [-0.05, 0) is 44.4 Å². The highest BCUT2D eigenvalue weighted by atomic mass is 19.4. The minimum absolute atomic E-state index is 0.0960. The van der Waals surface area contributed by atoms with Crippen LogP contribution in [0.2, 0.25) is 0 Å². The Morgan fingerprint density at radius 2 is 1.78 bits per heavy atom. The van der Waals surface area contributed by atoms with Gasteiger partial charge >= 0.3 is 11.9 Å². The first-order chi connectivity index (χ1) is 12.4. The van der Waals surface area contributed by atoms with Gasteiger partial charge in [-0.1, -0.05) is 0 Å². The second-order valence-corrected chi connectivity index (χ2v) is 7.65. The highest BCUT2D eigenvalue weighted by Gasteiger charge is 2.54. The van der Waals surface area contributed by atoms with E-state index in [1.807, 2.05) is 0 Å². The average molecular weight is 388 g/mol. The van der Waals surface area contributed by atoms with E-state index < -0.39 is 28.9 Å². The topological polar surface area (TPSA) is 82.1 Å². The van der Waals surface area contributed by atoms with Crippen LogP contribution in [-0.2, 0) is 20.6 Å². The van der Waals surface area contributed by atoms with E-state index in [1.165, 1.54) is 17.9 Å². The molecule has 2 aromatic rings. The number of aromatic nitrogens is 4. The highest BCUT2D eigenvalue weighted by molar-refractivity contribution is 5.69. The summed E-state index contributed by atoms with van der Waals surface area (Å²) in [5, 5.41) is 9.86. The molecule has 1 N–H and O–H groups in total. The van der Waals surface area contributed by atoms with Crippen molar-refractivity contribution in [3.05, 3.63) is 27.2 Å². The maximum atomic E-state index is 13.0. The van der Waals surface area contributed by atoms with Gasteiger partial charge in [-0.25, -0.2) is 9.78 Å². The van der Waals surface area contributed by atoms with Gasteiger partial charge in [-0.15, -0.1) is 0 Å². The smallest absolute Gasteiger partial charge is 0.380 e. The van der Waals surface area contributed by atoms with Crippen molar-refractivity contribution in [2.45, 2.75) is 50.9 Å². The average Bonchev–Trinajstić information content (AvgIpc) is 2.98.